The Morgan fingerprint density at radius 3 is 2.59 bits per heavy atom. The van der Waals surface area contributed by atoms with Crippen LogP contribution >= 0.6 is 0 Å². The number of nitrogens with zero attached hydrogens (tertiary/aromatic N) is 2. The highest BCUT2D eigenvalue weighted by atomic mass is 16.2. The lowest BCUT2D eigenvalue weighted by atomic mass is 9.94. The van der Waals surface area contributed by atoms with Crippen molar-refractivity contribution < 1.29 is 9.59 Å². The molecular formula is C24H25N3O2. The van der Waals surface area contributed by atoms with E-state index in [1.165, 1.54) is 5.56 Å². The lowest BCUT2D eigenvalue weighted by Gasteiger charge is -2.33. The maximum Gasteiger partial charge on any atom is 0.230 e. The highest BCUT2D eigenvalue weighted by Crippen LogP contribution is 2.31. The van der Waals surface area contributed by atoms with Gasteiger partial charge in [0.15, 0.2) is 0 Å². The molecule has 0 spiro atoms. The smallest absolute Gasteiger partial charge is 0.230 e. The molecule has 5 rings (SSSR count). The molecule has 3 heterocycles. The summed E-state index contributed by atoms with van der Waals surface area (Å²) in [6, 6.07) is 16.2. The minimum absolute atomic E-state index is 0.0123. The zero-order chi connectivity index (χ0) is 19.8. The first-order chi connectivity index (χ1) is 14.2. The summed E-state index contributed by atoms with van der Waals surface area (Å²) in [4.78, 5) is 33.0. The highest BCUT2D eigenvalue weighted by Gasteiger charge is 2.33. The topological polar surface area (TPSA) is 56.4 Å². The molecule has 1 N–H and O–H groups in total. The van der Waals surface area contributed by atoms with Gasteiger partial charge < -0.3 is 14.8 Å². The van der Waals surface area contributed by atoms with E-state index in [0.717, 1.165) is 48.0 Å². The van der Waals surface area contributed by atoms with Gasteiger partial charge >= 0.3 is 0 Å². The molecular weight excluding hydrogens is 362 g/mol. The fourth-order valence-corrected chi connectivity index (χ4v) is 4.72. The van der Waals surface area contributed by atoms with Crippen LogP contribution in [0, 0.1) is 5.92 Å². The third-order valence-electron chi connectivity index (χ3n) is 6.37. The Labute approximate surface area is 170 Å². The minimum Gasteiger partial charge on any atom is -0.361 e. The standard InChI is InChI=1S/C24H25N3O2/c28-23(15-19-16-25-21-7-3-2-6-20(19)21)26-12-9-18(10-13-26)24(29)27-14-11-17-5-1-4-8-22(17)27/h1-8,16,18,25H,9-15H2. The quantitative estimate of drug-likeness (QED) is 0.747. The number of fused-ring (bicyclic) bond motifs is 2. The van der Waals surface area contributed by atoms with Crippen LogP contribution in [0.15, 0.2) is 54.7 Å². The molecule has 29 heavy (non-hydrogen) atoms. The largest absolute Gasteiger partial charge is 0.361 e. The Hall–Kier alpha value is -3.08. The van der Waals surface area contributed by atoms with E-state index >= 15 is 0 Å². The fraction of sp³-hybridized carbons (Fsp3) is 0.333. The number of nitrogens with one attached hydrogen (secondary N) is 1. The van der Waals surface area contributed by atoms with Crippen molar-refractivity contribution in [2.75, 3.05) is 24.5 Å². The number of H-pyrrole nitrogens is 1. The van der Waals surface area contributed by atoms with Crippen molar-refractivity contribution in [2.24, 2.45) is 5.92 Å². The number of hydrogen-bond donors (Lipinski definition) is 1. The maximum atomic E-state index is 13.1. The van der Waals surface area contributed by atoms with Crippen LogP contribution in [0.5, 0.6) is 0 Å². The lowest BCUT2D eigenvalue weighted by Crippen LogP contribution is -2.44. The summed E-state index contributed by atoms with van der Waals surface area (Å²) in [5, 5.41) is 1.11. The average molecular weight is 387 g/mol. The van der Waals surface area contributed by atoms with E-state index in [9.17, 15) is 9.59 Å². The van der Waals surface area contributed by atoms with Gasteiger partial charge in [-0.3, -0.25) is 9.59 Å². The third kappa shape index (κ3) is 3.31. The summed E-state index contributed by atoms with van der Waals surface area (Å²) in [5.41, 5.74) is 4.42. The van der Waals surface area contributed by atoms with Gasteiger partial charge in [0, 0.05) is 48.3 Å². The summed E-state index contributed by atoms with van der Waals surface area (Å²) in [7, 11) is 0. The number of likely N-dealkylation sites (tertiary alicyclic amines) is 1. The van der Waals surface area contributed by atoms with Gasteiger partial charge in [-0.25, -0.2) is 0 Å². The molecule has 0 radical (unpaired) electrons. The van der Waals surface area contributed by atoms with Crippen LogP contribution < -0.4 is 4.90 Å². The molecule has 0 atom stereocenters. The number of amides is 2. The molecule has 5 nitrogen and oxygen atoms in total. The number of benzene rings is 2. The van der Waals surface area contributed by atoms with Crippen molar-refractivity contribution in [1.29, 1.82) is 0 Å². The van der Waals surface area contributed by atoms with Gasteiger partial charge in [0.2, 0.25) is 11.8 Å². The van der Waals surface area contributed by atoms with Crippen LogP contribution in [0.25, 0.3) is 10.9 Å². The molecule has 2 aliphatic rings. The van der Waals surface area contributed by atoms with Gasteiger partial charge in [-0.05, 0) is 42.5 Å². The third-order valence-corrected chi connectivity index (χ3v) is 6.37. The number of rotatable bonds is 3. The van der Waals surface area contributed by atoms with Crippen molar-refractivity contribution in [3.8, 4) is 0 Å². The van der Waals surface area contributed by atoms with Crippen molar-refractivity contribution in [2.45, 2.75) is 25.7 Å². The summed E-state index contributed by atoms with van der Waals surface area (Å²) >= 11 is 0. The Morgan fingerprint density at radius 1 is 0.966 bits per heavy atom. The Bertz CT molecular complexity index is 1060. The summed E-state index contributed by atoms with van der Waals surface area (Å²) in [5.74, 6) is 0.379. The molecule has 1 aromatic heterocycles. The van der Waals surface area contributed by atoms with E-state index in [1.807, 2.05) is 58.5 Å². The monoisotopic (exact) mass is 387 g/mol. The van der Waals surface area contributed by atoms with Gasteiger partial charge in [-0.15, -0.1) is 0 Å². The number of hydrogen-bond acceptors (Lipinski definition) is 2. The van der Waals surface area contributed by atoms with Crippen LogP contribution in [0.4, 0.5) is 5.69 Å². The first kappa shape index (κ1) is 18.0. The summed E-state index contributed by atoms with van der Waals surface area (Å²) in [6.45, 7) is 2.10. The first-order valence-electron chi connectivity index (χ1n) is 10.4. The van der Waals surface area contributed by atoms with Crippen molar-refractivity contribution in [3.05, 3.63) is 65.9 Å². The second kappa shape index (κ2) is 7.39. The van der Waals surface area contributed by atoms with Crippen LogP contribution in [0.3, 0.4) is 0 Å². The molecule has 5 heteroatoms. The Balaban J connectivity index is 1.20. The second-order valence-corrected chi connectivity index (χ2v) is 8.06. The number of aromatic amines is 1. The first-order valence-corrected chi connectivity index (χ1v) is 10.4. The zero-order valence-electron chi connectivity index (χ0n) is 16.4. The molecule has 0 bridgehead atoms. The van der Waals surface area contributed by atoms with Crippen LogP contribution in [-0.2, 0) is 22.4 Å². The molecule has 0 unspecified atom stereocenters. The van der Waals surface area contributed by atoms with Gasteiger partial charge in [0.05, 0.1) is 6.42 Å². The van der Waals surface area contributed by atoms with E-state index in [-0.39, 0.29) is 17.7 Å². The number of aromatic nitrogens is 1. The minimum atomic E-state index is 0.0123. The number of para-hydroxylation sites is 2. The number of anilines is 1. The molecule has 3 aromatic rings. The van der Waals surface area contributed by atoms with Gasteiger partial charge in [0.1, 0.15) is 0 Å². The average Bonchev–Trinajstić information content (AvgIpc) is 3.38. The highest BCUT2D eigenvalue weighted by molar-refractivity contribution is 5.97. The normalized spacial score (nSPS) is 17.0. The zero-order valence-corrected chi connectivity index (χ0v) is 16.4. The van der Waals surface area contributed by atoms with Crippen molar-refractivity contribution >= 4 is 28.4 Å². The van der Waals surface area contributed by atoms with Gasteiger partial charge in [-0.1, -0.05) is 36.4 Å². The second-order valence-electron chi connectivity index (χ2n) is 8.06. The molecule has 0 aliphatic carbocycles. The van der Waals surface area contributed by atoms with E-state index in [0.29, 0.717) is 19.5 Å². The molecule has 2 aliphatic heterocycles. The number of carbonyl (C=O) groups is 2. The summed E-state index contributed by atoms with van der Waals surface area (Å²) < 4.78 is 0. The van der Waals surface area contributed by atoms with Crippen molar-refractivity contribution in [1.82, 2.24) is 9.88 Å². The molecule has 0 saturated carbocycles. The number of piperidine rings is 1. The van der Waals surface area contributed by atoms with E-state index in [4.69, 9.17) is 0 Å². The Morgan fingerprint density at radius 2 is 1.72 bits per heavy atom. The van der Waals surface area contributed by atoms with Gasteiger partial charge in [0.25, 0.3) is 0 Å². The van der Waals surface area contributed by atoms with E-state index in [1.54, 1.807) is 0 Å². The van der Waals surface area contributed by atoms with E-state index in [2.05, 4.69) is 11.1 Å². The predicted octanol–water partition coefficient (Wildman–Crippen LogP) is 3.54. The lowest BCUT2D eigenvalue weighted by molar-refractivity contribution is -0.134. The van der Waals surface area contributed by atoms with Gasteiger partial charge in [-0.2, -0.15) is 0 Å². The Kier molecular flexibility index (Phi) is 4.58. The fourth-order valence-electron chi connectivity index (χ4n) is 4.72. The van der Waals surface area contributed by atoms with Crippen LogP contribution in [-0.4, -0.2) is 41.3 Å². The molecule has 1 fully saturated rings. The van der Waals surface area contributed by atoms with Crippen molar-refractivity contribution in [3.63, 3.8) is 0 Å². The predicted molar refractivity (Wildman–Crippen MR) is 114 cm³/mol. The maximum absolute atomic E-state index is 13.1. The van der Waals surface area contributed by atoms with Crippen LogP contribution in [0.2, 0.25) is 0 Å². The SMILES string of the molecule is O=C(Cc1c[nH]c2ccccc12)N1CCC(C(=O)N2CCc3ccccc32)CC1. The molecule has 2 amide bonds. The summed E-state index contributed by atoms with van der Waals surface area (Å²) in [6.07, 6.45) is 4.77. The molecule has 2 aromatic carbocycles. The van der Waals surface area contributed by atoms with Crippen LogP contribution in [0.1, 0.15) is 24.0 Å². The molecule has 148 valence electrons. The number of carbonyl (C=O) groups excluding carboxylic acids is 2. The molecule has 1 saturated heterocycles. The van der Waals surface area contributed by atoms with E-state index < -0.39 is 0 Å².